The molecular formula is C28H46O5. The Labute approximate surface area is 201 Å². The molecule has 0 unspecified atom stereocenters. The number of aliphatic carboxylic acids is 1. The molecule has 0 aromatic heterocycles. The number of hydrogen-bond donors (Lipinski definition) is 1. The van der Waals surface area contributed by atoms with Crippen LogP contribution in [0.1, 0.15) is 111 Å². The van der Waals surface area contributed by atoms with E-state index in [1.54, 1.807) is 24.3 Å². The molecule has 188 valence electrons. The molecule has 0 aromatic rings. The van der Waals surface area contributed by atoms with Crippen LogP contribution in [0.15, 0.2) is 48.6 Å². The first-order chi connectivity index (χ1) is 16.0. The van der Waals surface area contributed by atoms with Gasteiger partial charge in [0.2, 0.25) is 0 Å². The monoisotopic (exact) mass is 462 g/mol. The average molecular weight is 463 g/mol. The maximum absolute atomic E-state index is 10.9. The van der Waals surface area contributed by atoms with E-state index in [9.17, 15) is 14.4 Å². The first-order valence-electron chi connectivity index (χ1n) is 12.5. The molecule has 0 rings (SSSR count). The topological polar surface area (TPSA) is 80.7 Å². The van der Waals surface area contributed by atoms with Crippen molar-refractivity contribution >= 4 is 17.9 Å². The highest BCUT2D eigenvalue weighted by Gasteiger charge is 2.01. The summed E-state index contributed by atoms with van der Waals surface area (Å²) in [5.41, 5.74) is 0. The van der Waals surface area contributed by atoms with Crippen molar-refractivity contribution in [2.75, 3.05) is 0 Å². The Bertz CT molecular complexity index is 567. The largest absolute Gasteiger partial charge is 0.481 e. The van der Waals surface area contributed by atoms with E-state index in [2.05, 4.69) is 11.7 Å². The number of esters is 2. The fourth-order valence-corrected chi connectivity index (χ4v) is 2.95. The lowest BCUT2D eigenvalue weighted by molar-refractivity contribution is -0.152. The van der Waals surface area contributed by atoms with Crippen LogP contribution in [-0.4, -0.2) is 23.0 Å². The summed E-state index contributed by atoms with van der Waals surface area (Å²) < 4.78 is 4.42. The molecule has 5 nitrogen and oxygen atoms in total. The van der Waals surface area contributed by atoms with Crippen molar-refractivity contribution in [2.45, 2.75) is 111 Å². The minimum atomic E-state index is -0.678. The third kappa shape index (κ3) is 31.8. The number of carboxylic acid groups (broad SMARTS) is 1. The Morgan fingerprint density at radius 3 is 1.30 bits per heavy atom. The van der Waals surface area contributed by atoms with Gasteiger partial charge in [-0.2, -0.15) is 0 Å². The minimum absolute atomic E-state index is 0.345. The molecule has 0 aliphatic heterocycles. The maximum atomic E-state index is 10.9. The number of allylic oxidation sites excluding steroid dienone is 6. The zero-order chi connectivity index (χ0) is 25.0. The maximum Gasteiger partial charge on any atom is 0.338 e. The number of unbranched alkanes of at least 4 members (excludes halogenated alkanes) is 12. The second kappa shape index (κ2) is 27.6. The van der Waals surface area contributed by atoms with Crippen LogP contribution in [0.4, 0.5) is 0 Å². The van der Waals surface area contributed by atoms with Crippen molar-refractivity contribution in [1.29, 1.82) is 0 Å². The first kappa shape index (κ1) is 32.7. The summed E-state index contributed by atoms with van der Waals surface area (Å²) in [6, 6.07) is 0. The van der Waals surface area contributed by atoms with Gasteiger partial charge >= 0.3 is 17.9 Å². The standard InChI is InChI=1S/C16H32O2.C12H14O3/c1-2-3-4-5-6-7-8-9-10-11-12-13-14-15-16(17)18;1-3-5-7-9-11(13)15-12(14)10-8-6-4-2/h2-15H2,1H3,(H,17,18);3-10H,1-2H3/b;5-3+,6-4?,9-7+,10-8?. The van der Waals surface area contributed by atoms with E-state index in [-0.39, 0.29) is 0 Å². The molecule has 0 fully saturated rings. The fourth-order valence-electron chi connectivity index (χ4n) is 2.95. The highest BCUT2D eigenvalue weighted by molar-refractivity contribution is 5.96. The van der Waals surface area contributed by atoms with Crippen LogP contribution in [0, 0.1) is 0 Å². The second-order valence-corrected chi connectivity index (χ2v) is 7.90. The lowest BCUT2D eigenvalue weighted by Gasteiger charge is -2.02. The number of carboxylic acids is 1. The Balaban J connectivity index is 0. The first-order valence-corrected chi connectivity index (χ1v) is 12.5. The van der Waals surface area contributed by atoms with Crippen molar-refractivity contribution in [3.8, 4) is 0 Å². The van der Waals surface area contributed by atoms with E-state index in [0.717, 1.165) is 12.8 Å². The van der Waals surface area contributed by atoms with E-state index in [1.807, 2.05) is 13.8 Å². The summed E-state index contributed by atoms with van der Waals surface area (Å²) in [6.07, 6.45) is 29.5. The summed E-state index contributed by atoms with van der Waals surface area (Å²) in [7, 11) is 0. The van der Waals surface area contributed by atoms with Crippen LogP contribution in [0.3, 0.4) is 0 Å². The third-order valence-electron chi connectivity index (χ3n) is 4.77. The van der Waals surface area contributed by atoms with Gasteiger partial charge in [0.1, 0.15) is 0 Å². The van der Waals surface area contributed by atoms with E-state index < -0.39 is 17.9 Å². The average Bonchev–Trinajstić information content (AvgIpc) is 2.77. The third-order valence-corrected chi connectivity index (χ3v) is 4.77. The molecule has 0 spiro atoms. The molecule has 33 heavy (non-hydrogen) atoms. The SMILES string of the molecule is CC=CC=CC(=O)OC(=O)/C=C/C=C/C.CCCCCCCCCCCCCCCC(=O)O. The van der Waals surface area contributed by atoms with Crippen molar-refractivity contribution < 1.29 is 24.2 Å². The molecule has 0 bridgehead atoms. The molecule has 5 heteroatoms. The number of carbonyl (C=O) groups excluding carboxylic acids is 2. The van der Waals surface area contributed by atoms with Gasteiger partial charge in [0.15, 0.2) is 0 Å². The normalized spacial score (nSPS) is 11.4. The van der Waals surface area contributed by atoms with Gasteiger partial charge in [0.25, 0.3) is 0 Å². The van der Waals surface area contributed by atoms with Gasteiger partial charge in [0.05, 0.1) is 0 Å². The van der Waals surface area contributed by atoms with Crippen LogP contribution in [-0.2, 0) is 19.1 Å². The van der Waals surface area contributed by atoms with Crippen molar-refractivity contribution in [3.63, 3.8) is 0 Å². The van der Waals surface area contributed by atoms with E-state index >= 15 is 0 Å². The predicted octanol–water partition coefficient (Wildman–Crippen LogP) is 7.87. The molecule has 0 radical (unpaired) electrons. The van der Waals surface area contributed by atoms with Gasteiger partial charge in [-0.3, -0.25) is 4.79 Å². The number of rotatable bonds is 18. The van der Waals surface area contributed by atoms with Crippen LogP contribution in [0.2, 0.25) is 0 Å². The fraction of sp³-hybridized carbons (Fsp3) is 0.607. The quantitative estimate of drug-likeness (QED) is 0.0736. The summed E-state index contributed by atoms with van der Waals surface area (Å²) >= 11 is 0. The van der Waals surface area contributed by atoms with Crippen LogP contribution < -0.4 is 0 Å². The Hall–Kier alpha value is -2.43. The molecule has 0 atom stereocenters. The second-order valence-electron chi connectivity index (χ2n) is 7.90. The highest BCUT2D eigenvalue weighted by atomic mass is 16.6. The van der Waals surface area contributed by atoms with Crippen molar-refractivity contribution in [3.05, 3.63) is 48.6 Å². The molecule has 0 saturated heterocycles. The zero-order valence-corrected chi connectivity index (χ0v) is 21.1. The van der Waals surface area contributed by atoms with E-state index in [1.165, 1.54) is 94.9 Å². The van der Waals surface area contributed by atoms with E-state index in [0.29, 0.717) is 6.42 Å². The smallest absolute Gasteiger partial charge is 0.338 e. The number of carbonyl (C=O) groups is 3. The molecular weight excluding hydrogens is 416 g/mol. The van der Waals surface area contributed by atoms with Crippen LogP contribution in [0.5, 0.6) is 0 Å². The Morgan fingerprint density at radius 2 is 0.970 bits per heavy atom. The predicted molar refractivity (Wildman–Crippen MR) is 137 cm³/mol. The van der Waals surface area contributed by atoms with Gasteiger partial charge in [-0.1, -0.05) is 120 Å². The summed E-state index contributed by atoms with van der Waals surface area (Å²) in [5.74, 6) is -2.01. The molecule has 0 amide bonds. The highest BCUT2D eigenvalue weighted by Crippen LogP contribution is 2.12. The van der Waals surface area contributed by atoms with Gasteiger partial charge < -0.3 is 9.84 Å². The molecule has 0 heterocycles. The van der Waals surface area contributed by atoms with Crippen LogP contribution in [0.25, 0.3) is 0 Å². The Morgan fingerprint density at radius 1 is 0.606 bits per heavy atom. The molecule has 0 aliphatic rings. The van der Waals surface area contributed by atoms with Crippen molar-refractivity contribution in [1.82, 2.24) is 0 Å². The summed E-state index contributed by atoms with van der Waals surface area (Å²) in [4.78, 5) is 32.2. The van der Waals surface area contributed by atoms with Crippen LogP contribution >= 0.6 is 0 Å². The molecule has 0 aromatic carbocycles. The van der Waals surface area contributed by atoms with Crippen molar-refractivity contribution in [2.24, 2.45) is 0 Å². The minimum Gasteiger partial charge on any atom is -0.481 e. The van der Waals surface area contributed by atoms with Gasteiger partial charge in [-0.05, 0) is 20.3 Å². The Kier molecular flexibility index (Phi) is 27.4. The molecule has 0 aliphatic carbocycles. The lowest BCUT2D eigenvalue weighted by atomic mass is 10.0. The molecule has 0 saturated carbocycles. The van der Waals surface area contributed by atoms with E-state index in [4.69, 9.17) is 5.11 Å². The van der Waals surface area contributed by atoms with Gasteiger partial charge in [-0.15, -0.1) is 0 Å². The van der Waals surface area contributed by atoms with Gasteiger partial charge in [-0.25, -0.2) is 9.59 Å². The summed E-state index contributed by atoms with van der Waals surface area (Å²) in [6.45, 7) is 5.90. The number of hydrogen-bond acceptors (Lipinski definition) is 4. The van der Waals surface area contributed by atoms with Gasteiger partial charge in [0, 0.05) is 18.6 Å². The number of ether oxygens (including phenoxy) is 1. The molecule has 1 N–H and O–H groups in total. The zero-order valence-electron chi connectivity index (χ0n) is 21.1. The lowest BCUT2D eigenvalue weighted by Crippen LogP contribution is -2.06. The summed E-state index contributed by atoms with van der Waals surface area (Å²) in [5, 5.41) is 8.49.